The van der Waals surface area contributed by atoms with Crippen LogP contribution in [0.15, 0.2) is 18.2 Å². The van der Waals surface area contributed by atoms with Gasteiger partial charge in [0.1, 0.15) is 6.61 Å². The number of hydrogen-bond acceptors (Lipinski definition) is 3. The number of rotatable bonds is 0. The molecule has 1 aromatic rings. The molecule has 0 saturated carbocycles. The van der Waals surface area contributed by atoms with Crippen LogP contribution in [0.3, 0.4) is 0 Å². The Morgan fingerprint density at radius 2 is 2.33 bits per heavy atom. The topological polar surface area (TPSA) is 64.3 Å². The van der Waals surface area contributed by atoms with Gasteiger partial charge in [0.05, 0.1) is 5.69 Å². The van der Waals surface area contributed by atoms with E-state index in [9.17, 15) is 4.79 Å². The lowest BCUT2D eigenvalue weighted by molar-refractivity contribution is 0.151. The maximum absolute atomic E-state index is 10.8. The summed E-state index contributed by atoms with van der Waals surface area (Å²) in [6.45, 7) is 0.258. The second kappa shape index (κ2) is 2.41. The first-order valence-corrected chi connectivity index (χ1v) is 3.58. The van der Waals surface area contributed by atoms with Crippen LogP contribution in [0.1, 0.15) is 5.56 Å². The summed E-state index contributed by atoms with van der Waals surface area (Å²) < 4.78 is 4.76. The Balaban J connectivity index is 2.48. The first-order chi connectivity index (χ1) is 5.77. The molecule has 1 aliphatic rings. The molecule has 4 heteroatoms. The summed E-state index contributed by atoms with van der Waals surface area (Å²) in [5, 5.41) is 2.56. The number of anilines is 2. The Morgan fingerprint density at radius 1 is 1.50 bits per heavy atom. The van der Waals surface area contributed by atoms with Gasteiger partial charge in [-0.25, -0.2) is 4.79 Å². The quantitative estimate of drug-likeness (QED) is 0.568. The van der Waals surface area contributed by atoms with Crippen molar-refractivity contribution < 1.29 is 9.53 Å². The van der Waals surface area contributed by atoms with Crippen LogP contribution in [-0.4, -0.2) is 6.09 Å². The van der Waals surface area contributed by atoms with E-state index in [2.05, 4.69) is 5.32 Å². The largest absolute Gasteiger partial charge is 0.444 e. The fraction of sp³-hybridized carbons (Fsp3) is 0.125. The lowest BCUT2D eigenvalue weighted by Gasteiger charge is -2.18. The number of carbonyl (C=O) groups is 1. The molecule has 0 saturated heterocycles. The van der Waals surface area contributed by atoms with Gasteiger partial charge in [-0.2, -0.15) is 0 Å². The first-order valence-electron chi connectivity index (χ1n) is 3.58. The van der Waals surface area contributed by atoms with Crippen LogP contribution in [0, 0.1) is 0 Å². The number of nitrogens with one attached hydrogen (secondary N) is 1. The third kappa shape index (κ3) is 0.972. The fourth-order valence-electron chi connectivity index (χ4n) is 1.17. The number of carbonyl (C=O) groups excluding carboxylic acids is 1. The summed E-state index contributed by atoms with van der Waals surface area (Å²) in [5.41, 5.74) is 7.89. The smallest absolute Gasteiger partial charge is 0.411 e. The normalized spacial score (nSPS) is 14.5. The molecule has 4 nitrogen and oxygen atoms in total. The number of benzene rings is 1. The zero-order valence-corrected chi connectivity index (χ0v) is 6.33. The standard InChI is InChI=1S/C8H8N2O2/c9-6-2-1-3-7-5(6)4-12-8(11)10-7/h1-3H,4,9H2,(H,10,11). The SMILES string of the molecule is Nc1cccc2c1COC(=O)N2. The van der Waals surface area contributed by atoms with Gasteiger partial charge in [-0.05, 0) is 12.1 Å². The molecule has 1 amide bonds. The van der Waals surface area contributed by atoms with Gasteiger partial charge in [0, 0.05) is 11.3 Å². The molecule has 2 rings (SSSR count). The summed E-state index contributed by atoms with van der Waals surface area (Å²) >= 11 is 0. The van der Waals surface area contributed by atoms with Crippen molar-refractivity contribution in [3.63, 3.8) is 0 Å². The van der Waals surface area contributed by atoms with Crippen LogP contribution in [0.5, 0.6) is 0 Å². The molecule has 1 aromatic carbocycles. The fourth-order valence-corrected chi connectivity index (χ4v) is 1.17. The average molecular weight is 164 g/mol. The highest BCUT2D eigenvalue weighted by Gasteiger charge is 2.16. The molecular formula is C8H8N2O2. The van der Waals surface area contributed by atoms with Crippen LogP contribution < -0.4 is 11.1 Å². The summed E-state index contributed by atoms with van der Waals surface area (Å²) in [6.07, 6.45) is -0.423. The van der Waals surface area contributed by atoms with E-state index in [-0.39, 0.29) is 6.61 Å². The molecule has 0 spiro atoms. The zero-order chi connectivity index (χ0) is 8.55. The molecule has 0 aliphatic carbocycles. The van der Waals surface area contributed by atoms with Crippen LogP contribution in [0.25, 0.3) is 0 Å². The molecule has 0 unspecified atom stereocenters. The Hall–Kier alpha value is -1.71. The van der Waals surface area contributed by atoms with Crippen molar-refractivity contribution in [1.29, 1.82) is 0 Å². The highest BCUT2D eigenvalue weighted by molar-refractivity contribution is 5.89. The third-order valence-corrected chi connectivity index (χ3v) is 1.80. The molecule has 1 aliphatic heterocycles. The molecule has 0 atom stereocenters. The van der Waals surface area contributed by atoms with Crippen molar-refractivity contribution in [3.8, 4) is 0 Å². The third-order valence-electron chi connectivity index (χ3n) is 1.80. The number of ether oxygens (including phenoxy) is 1. The van der Waals surface area contributed by atoms with E-state index in [0.29, 0.717) is 5.69 Å². The molecule has 0 radical (unpaired) electrons. The molecule has 0 bridgehead atoms. The summed E-state index contributed by atoms with van der Waals surface area (Å²) in [6, 6.07) is 5.37. The van der Waals surface area contributed by atoms with Crippen molar-refractivity contribution in [2.45, 2.75) is 6.61 Å². The number of nitrogens with two attached hydrogens (primary N) is 1. The van der Waals surface area contributed by atoms with Gasteiger partial charge < -0.3 is 10.5 Å². The maximum Gasteiger partial charge on any atom is 0.411 e. The maximum atomic E-state index is 10.8. The van der Waals surface area contributed by atoms with Crippen LogP contribution in [0.4, 0.5) is 16.2 Å². The number of cyclic esters (lactones) is 1. The second-order valence-electron chi connectivity index (χ2n) is 2.57. The van der Waals surface area contributed by atoms with Gasteiger partial charge in [-0.3, -0.25) is 5.32 Å². The monoisotopic (exact) mass is 164 g/mol. The Morgan fingerprint density at radius 3 is 3.17 bits per heavy atom. The van der Waals surface area contributed by atoms with Crippen molar-refractivity contribution in [2.24, 2.45) is 0 Å². The van der Waals surface area contributed by atoms with Gasteiger partial charge in [-0.1, -0.05) is 6.07 Å². The molecule has 0 fully saturated rings. The summed E-state index contributed by atoms with van der Waals surface area (Å²) in [7, 11) is 0. The van der Waals surface area contributed by atoms with E-state index in [1.165, 1.54) is 0 Å². The van der Waals surface area contributed by atoms with Gasteiger partial charge in [0.2, 0.25) is 0 Å². The van der Waals surface area contributed by atoms with Crippen molar-refractivity contribution in [3.05, 3.63) is 23.8 Å². The average Bonchev–Trinajstić information content (AvgIpc) is 2.04. The first kappa shape index (κ1) is 6.97. The lowest BCUT2D eigenvalue weighted by Crippen LogP contribution is -2.21. The van der Waals surface area contributed by atoms with Crippen molar-refractivity contribution >= 4 is 17.5 Å². The van der Waals surface area contributed by atoms with E-state index in [4.69, 9.17) is 10.5 Å². The van der Waals surface area contributed by atoms with E-state index in [0.717, 1.165) is 11.3 Å². The van der Waals surface area contributed by atoms with Gasteiger partial charge in [-0.15, -0.1) is 0 Å². The molecule has 3 N–H and O–H groups in total. The minimum Gasteiger partial charge on any atom is -0.444 e. The van der Waals surface area contributed by atoms with E-state index >= 15 is 0 Å². The summed E-state index contributed by atoms with van der Waals surface area (Å²) in [5.74, 6) is 0. The minimum atomic E-state index is -0.423. The van der Waals surface area contributed by atoms with E-state index < -0.39 is 6.09 Å². The molecule has 12 heavy (non-hydrogen) atoms. The number of hydrogen-bond donors (Lipinski definition) is 2. The predicted molar refractivity (Wildman–Crippen MR) is 44.7 cm³/mol. The predicted octanol–water partition coefficient (Wildman–Crippen LogP) is 1.33. The highest BCUT2D eigenvalue weighted by atomic mass is 16.5. The summed E-state index contributed by atoms with van der Waals surface area (Å²) in [4.78, 5) is 10.8. The second-order valence-corrected chi connectivity index (χ2v) is 2.57. The lowest BCUT2D eigenvalue weighted by atomic mass is 10.1. The van der Waals surface area contributed by atoms with Crippen LogP contribution in [0.2, 0.25) is 0 Å². The molecule has 1 heterocycles. The van der Waals surface area contributed by atoms with Crippen LogP contribution in [-0.2, 0) is 11.3 Å². The molecule has 62 valence electrons. The number of nitrogen functional groups attached to an aromatic ring is 1. The number of fused-ring (bicyclic) bond motifs is 1. The minimum absolute atomic E-state index is 0.258. The Bertz CT molecular complexity index is 336. The molecule has 0 aromatic heterocycles. The van der Waals surface area contributed by atoms with E-state index in [1.54, 1.807) is 18.2 Å². The number of amides is 1. The van der Waals surface area contributed by atoms with Gasteiger partial charge in [0.25, 0.3) is 0 Å². The van der Waals surface area contributed by atoms with Gasteiger partial charge in [0.15, 0.2) is 0 Å². The van der Waals surface area contributed by atoms with Crippen molar-refractivity contribution in [2.75, 3.05) is 11.1 Å². The van der Waals surface area contributed by atoms with Gasteiger partial charge >= 0.3 is 6.09 Å². The van der Waals surface area contributed by atoms with Crippen LogP contribution >= 0.6 is 0 Å². The van der Waals surface area contributed by atoms with E-state index in [1.807, 2.05) is 0 Å². The Kier molecular flexibility index (Phi) is 1.40. The zero-order valence-electron chi connectivity index (χ0n) is 6.33. The highest BCUT2D eigenvalue weighted by Crippen LogP contribution is 2.25. The van der Waals surface area contributed by atoms with Crippen molar-refractivity contribution in [1.82, 2.24) is 0 Å². The molecular weight excluding hydrogens is 156 g/mol. The Labute approximate surface area is 69.3 Å².